The number of aromatic nitrogens is 2. The Bertz CT molecular complexity index is 667. The molecule has 0 saturated heterocycles. The number of amides is 2. The van der Waals surface area contributed by atoms with Crippen molar-refractivity contribution in [3.63, 3.8) is 0 Å². The molecule has 0 radical (unpaired) electrons. The molecule has 0 spiro atoms. The van der Waals surface area contributed by atoms with E-state index in [9.17, 15) is 9.59 Å². The molecular formula is C17H23N5O2. The molecule has 0 aliphatic heterocycles. The summed E-state index contributed by atoms with van der Waals surface area (Å²) in [4.78, 5) is 23.8. The largest absolute Gasteiger partial charge is 0.346 e. The maximum atomic E-state index is 11.9. The highest BCUT2D eigenvalue weighted by Crippen LogP contribution is 2.12. The first-order valence-corrected chi connectivity index (χ1v) is 7.94. The Morgan fingerprint density at radius 1 is 1.29 bits per heavy atom. The molecule has 2 atom stereocenters. The van der Waals surface area contributed by atoms with Gasteiger partial charge in [-0.2, -0.15) is 5.10 Å². The number of nitrogens with zero attached hydrogens (tertiary/aromatic N) is 2. The molecule has 1 aromatic heterocycles. The molecule has 0 aliphatic carbocycles. The van der Waals surface area contributed by atoms with Gasteiger partial charge in [-0.05, 0) is 36.2 Å². The highest BCUT2D eigenvalue weighted by Gasteiger charge is 2.19. The molecule has 2 aromatic rings. The monoisotopic (exact) mass is 329 g/mol. The van der Waals surface area contributed by atoms with Crippen molar-refractivity contribution in [2.75, 3.05) is 11.9 Å². The van der Waals surface area contributed by atoms with Crippen molar-refractivity contribution >= 4 is 17.5 Å². The lowest BCUT2D eigenvalue weighted by molar-refractivity contribution is -0.125. The van der Waals surface area contributed by atoms with Crippen LogP contribution < -0.4 is 16.4 Å². The topological polar surface area (TPSA) is 102 Å². The van der Waals surface area contributed by atoms with Crippen molar-refractivity contribution in [2.45, 2.75) is 26.3 Å². The summed E-state index contributed by atoms with van der Waals surface area (Å²) in [5, 5.41) is 9.42. The van der Waals surface area contributed by atoms with E-state index in [4.69, 9.17) is 5.73 Å². The van der Waals surface area contributed by atoms with E-state index in [0.717, 1.165) is 12.1 Å². The molecule has 2 rings (SSSR count). The molecule has 0 aliphatic rings. The van der Waals surface area contributed by atoms with Crippen molar-refractivity contribution in [3.05, 3.63) is 42.7 Å². The second-order valence-corrected chi connectivity index (χ2v) is 5.67. The summed E-state index contributed by atoms with van der Waals surface area (Å²) in [5.74, 6) is -0.539. The van der Waals surface area contributed by atoms with E-state index < -0.39 is 6.04 Å². The highest BCUT2D eigenvalue weighted by molar-refractivity contribution is 5.95. The van der Waals surface area contributed by atoms with Gasteiger partial charge in [0.25, 0.3) is 0 Å². The van der Waals surface area contributed by atoms with E-state index in [1.807, 2.05) is 38.2 Å². The number of nitrogens with one attached hydrogen (secondary N) is 2. The number of hydrogen-bond donors (Lipinski definition) is 3. The predicted octanol–water partition coefficient (Wildman–Crippen LogP) is 1.30. The Balaban J connectivity index is 1.83. The van der Waals surface area contributed by atoms with E-state index in [0.29, 0.717) is 5.69 Å². The second-order valence-electron chi connectivity index (χ2n) is 5.67. The van der Waals surface area contributed by atoms with Gasteiger partial charge in [-0.1, -0.05) is 20.3 Å². The Morgan fingerprint density at radius 2 is 2.00 bits per heavy atom. The van der Waals surface area contributed by atoms with Gasteiger partial charge in [0.05, 0.1) is 18.3 Å². The molecule has 4 N–H and O–H groups in total. The standard InChI is InChI=1S/C17H23N5O2/c1-3-12(2)16(18)17(24)19-11-15(23)21-13-5-7-14(8-6-13)22-10-4-9-20-22/h4-10,12,16H,3,11,18H2,1-2H3,(H,19,24)(H,21,23). The molecule has 0 fully saturated rings. The third-order valence-electron chi connectivity index (χ3n) is 3.90. The lowest BCUT2D eigenvalue weighted by Gasteiger charge is -2.17. The second kappa shape index (κ2) is 8.26. The minimum Gasteiger partial charge on any atom is -0.346 e. The van der Waals surface area contributed by atoms with Crippen LogP contribution in [0.15, 0.2) is 42.7 Å². The third-order valence-corrected chi connectivity index (χ3v) is 3.90. The lowest BCUT2D eigenvalue weighted by atomic mass is 9.99. The van der Waals surface area contributed by atoms with Gasteiger partial charge in [-0.15, -0.1) is 0 Å². The minimum absolute atomic E-state index is 0.0721. The average Bonchev–Trinajstić information content (AvgIpc) is 3.13. The molecule has 2 unspecified atom stereocenters. The van der Waals surface area contributed by atoms with Gasteiger partial charge >= 0.3 is 0 Å². The van der Waals surface area contributed by atoms with Crippen molar-refractivity contribution < 1.29 is 9.59 Å². The van der Waals surface area contributed by atoms with Crippen LogP contribution >= 0.6 is 0 Å². The van der Waals surface area contributed by atoms with Crippen LogP contribution in [-0.4, -0.2) is 34.2 Å². The van der Waals surface area contributed by atoms with Crippen molar-refractivity contribution in [3.8, 4) is 5.69 Å². The van der Waals surface area contributed by atoms with Gasteiger partial charge in [0, 0.05) is 18.1 Å². The molecular weight excluding hydrogens is 306 g/mol. The van der Waals surface area contributed by atoms with Crippen LogP contribution in [0.5, 0.6) is 0 Å². The summed E-state index contributed by atoms with van der Waals surface area (Å²) in [6.07, 6.45) is 4.34. The molecule has 0 bridgehead atoms. The first-order valence-electron chi connectivity index (χ1n) is 7.94. The lowest BCUT2D eigenvalue weighted by Crippen LogP contribution is -2.46. The van der Waals surface area contributed by atoms with Crippen molar-refractivity contribution in [1.82, 2.24) is 15.1 Å². The van der Waals surface area contributed by atoms with Crippen LogP contribution in [-0.2, 0) is 9.59 Å². The first kappa shape index (κ1) is 17.7. The number of nitrogens with two attached hydrogens (primary N) is 1. The number of rotatable bonds is 7. The van der Waals surface area contributed by atoms with Crippen molar-refractivity contribution in [2.24, 2.45) is 11.7 Å². The summed E-state index contributed by atoms with van der Waals surface area (Å²) in [7, 11) is 0. The van der Waals surface area contributed by atoms with Crippen LogP contribution in [0.2, 0.25) is 0 Å². The van der Waals surface area contributed by atoms with E-state index in [1.165, 1.54) is 0 Å². The molecule has 0 saturated carbocycles. The van der Waals surface area contributed by atoms with Gasteiger partial charge in [0.15, 0.2) is 0 Å². The van der Waals surface area contributed by atoms with Crippen LogP contribution in [0, 0.1) is 5.92 Å². The third kappa shape index (κ3) is 4.66. The maximum Gasteiger partial charge on any atom is 0.243 e. The Kier molecular flexibility index (Phi) is 6.08. The van der Waals surface area contributed by atoms with E-state index >= 15 is 0 Å². The summed E-state index contributed by atoms with van der Waals surface area (Å²) in [6.45, 7) is 3.77. The predicted molar refractivity (Wildman–Crippen MR) is 92.6 cm³/mol. The Labute approximate surface area is 141 Å². The number of hydrogen-bond acceptors (Lipinski definition) is 4. The summed E-state index contributed by atoms with van der Waals surface area (Å²) in [6, 6.07) is 8.49. The van der Waals surface area contributed by atoms with Crippen LogP contribution in [0.1, 0.15) is 20.3 Å². The fraction of sp³-hybridized carbons (Fsp3) is 0.353. The van der Waals surface area contributed by atoms with Crippen LogP contribution in [0.4, 0.5) is 5.69 Å². The molecule has 24 heavy (non-hydrogen) atoms. The molecule has 2 amide bonds. The molecule has 1 aromatic carbocycles. The van der Waals surface area contributed by atoms with E-state index in [1.54, 1.807) is 23.0 Å². The SMILES string of the molecule is CCC(C)C(N)C(=O)NCC(=O)Nc1ccc(-n2cccn2)cc1. The summed E-state index contributed by atoms with van der Waals surface area (Å²) in [5.41, 5.74) is 7.36. The van der Waals surface area contributed by atoms with Gasteiger partial charge < -0.3 is 16.4 Å². The van der Waals surface area contributed by atoms with Crippen molar-refractivity contribution in [1.29, 1.82) is 0 Å². The average molecular weight is 329 g/mol. The zero-order chi connectivity index (χ0) is 17.5. The summed E-state index contributed by atoms with van der Waals surface area (Å²) < 4.78 is 1.72. The zero-order valence-corrected chi connectivity index (χ0v) is 13.9. The zero-order valence-electron chi connectivity index (χ0n) is 13.9. The highest BCUT2D eigenvalue weighted by atomic mass is 16.2. The smallest absolute Gasteiger partial charge is 0.243 e. The normalized spacial score (nSPS) is 13.1. The summed E-state index contributed by atoms with van der Waals surface area (Å²) >= 11 is 0. The molecule has 7 heteroatoms. The van der Waals surface area contributed by atoms with Gasteiger partial charge in [0.2, 0.25) is 11.8 Å². The van der Waals surface area contributed by atoms with Gasteiger partial charge in [-0.3, -0.25) is 9.59 Å². The van der Waals surface area contributed by atoms with Gasteiger partial charge in [-0.25, -0.2) is 4.68 Å². The van der Waals surface area contributed by atoms with E-state index in [2.05, 4.69) is 15.7 Å². The molecule has 1 heterocycles. The first-order chi connectivity index (χ1) is 11.5. The minimum atomic E-state index is -0.601. The van der Waals surface area contributed by atoms with Crippen LogP contribution in [0.3, 0.4) is 0 Å². The van der Waals surface area contributed by atoms with E-state index in [-0.39, 0.29) is 24.3 Å². The van der Waals surface area contributed by atoms with Gasteiger partial charge in [0.1, 0.15) is 0 Å². The number of carbonyl (C=O) groups is 2. The van der Waals surface area contributed by atoms with Crippen LogP contribution in [0.25, 0.3) is 5.69 Å². The maximum absolute atomic E-state index is 11.9. The Hall–Kier alpha value is -2.67. The molecule has 128 valence electrons. The number of carbonyl (C=O) groups excluding carboxylic acids is 2. The number of benzene rings is 1. The number of anilines is 1. The fourth-order valence-electron chi connectivity index (χ4n) is 2.12. The quantitative estimate of drug-likeness (QED) is 0.712. The Morgan fingerprint density at radius 3 is 2.58 bits per heavy atom. The molecule has 7 nitrogen and oxygen atoms in total. The fourth-order valence-corrected chi connectivity index (χ4v) is 2.12.